The Kier molecular flexibility index (Phi) is 6.01. The fourth-order valence-corrected chi connectivity index (χ4v) is 3.05. The van der Waals surface area contributed by atoms with E-state index in [2.05, 4.69) is 27.0 Å². The number of fused-ring (bicyclic) bond motifs is 1. The Morgan fingerprint density at radius 2 is 1.82 bits per heavy atom. The van der Waals surface area contributed by atoms with Crippen molar-refractivity contribution < 1.29 is 9.59 Å². The highest BCUT2D eigenvalue weighted by atomic mass is 16.2. The minimum atomic E-state index is -0.395. The van der Waals surface area contributed by atoms with Crippen molar-refractivity contribution in [1.82, 2.24) is 15.3 Å². The number of rotatable bonds is 7. The van der Waals surface area contributed by atoms with Crippen LogP contribution < -0.4 is 10.7 Å². The van der Waals surface area contributed by atoms with E-state index in [0.717, 1.165) is 22.2 Å². The van der Waals surface area contributed by atoms with Gasteiger partial charge in [-0.25, -0.2) is 5.43 Å². The van der Waals surface area contributed by atoms with E-state index >= 15 is 0 Å². The van der Waals surface area contributed by atoms with Gasteiger partial charge in [-0.3, -0.25) is 9.59 Å². The minimum absolute atomic E-state index is 0.151. The van der Waals surface area contributed by atoms with Gasteiger partial charge in [0.1, 0.15) is 0 Å². The summed E-state index contributed by atoms with van der Waals surface area (Å²) in [5.41, 5.74) is 6.02. The predicted octanol–water partition coefficient (Wildman–Crippen LogP) is 3.02. The van der Waals surface area contributed by atoms with E-state index < -0.39 is 5.91 Å². The molecule has 2 aromatic carbocycles. The summed E-state index contributed by atoms with van der Waals surface area (Å²) in [4.78, 5) is 23.9. The van der Waals surface area contributed by atoms with Crippen molar-refractivity contribution >= 4 is 28.9 Å². The van der Waals surface area contributed by atoms with Crippen molar-refractivity contribution in [1.29, 1.82) is 0 Å². The molecule has 1 aromatic heterocycles. The first-order valence-corrected chi connectivity index (χ1v) is 8.95. The van der Waals surface area contributed by atoms with Gasteiger partial charge in [-0.05, 0) is 25.1 Å². The number of aromatic nitrogens is 1. The number of amides is 2. The molecule has 0 saturated carbocycles. The van der Waals surface area contributed by atoms with Crippen LogP contribution in [-0.2, 0) is 11.3 Å². The molecule has 0 aliphatic heterocycles. The van der Waals surface area contributed by atoms with Gasteiger partial charge in [-0.2, -0.15) is 5.10 Å². The Labute approximate surface area is 163 Å². The van der Waals surface area contributed by atoms with Crippen LogP contribution in [0.2, 0.25) is 0 Å². The lowest BCUT2D eigenvalue weighted by atomic mass is 10.1. The first-order chi connectivity index (χ1) is 13.6. The number of benzene rings is 2. The number of hydrazone groups is 1. The number of hydrogen-bond donors (Lipinski definition) is 2. The van der Waals surface area contributed by atoms with Gasteiger partial charge in [0.25, 0.3) is 11.8 Å². The fourth-order valence-electron chi connectivity index (χ4n) is 3.05. The number of nitrogens with one attached hydrogen (secondary N) is 2. The molecule has 0 saturated heterocycles. The van der Waals surface area contributed by atoms with Crippen LogP contribution >= 0.6 is 0 Å². The summed E-state index contributed by atoms with van der Waals surface area (Å²) < 4.78 is 2.14. The van der Waals surface area contributed by atoms with Crippen LogP contribution in [0.3, 0.4) is 0 Å². The molecule has 0 fully saturated rings. The van der Waals surface area contributed by atoms with Crippen LogP contribution in [-0.4, -0.2) is 29.1 Å². The van der Waals surface area contributed by atoms with Gasteiger partial charge in [0.05, 0.1) is 12.8 Å². The van der Waals surface area contributed by atoms with E-state index in [-0.39, 0.29) is 12.5 Å². The number of carbonyl (C=O) groups is 2. The highest BCUT2D eigenvalue weighted by Crippen LogP contribution is 2.24. The van der Waals surface area contributed by atoms with E-state index in [1.807, 2.05) is 43.3 Å². The molecular weight excluding hydrogens is 352 g/mol. The smallest absolute Gasteiger partial charge is 0.259 e. The maximum absolute atomic E-state index is 12.0. The third-order valence-electron chi connectivity index (χ3n) is 4.42. The van der Waals surface area contributed by atoms with E-state index in [0.29, 0.717) is 12.1 Å². The molecule has 0 aliphatic carbocycles. The highest BCUT2D eigenvalue weighted by molar-refractivity contribution is 6.01. The molecule has 3 aromatic rings. The van der Waals surface area contributed by atoms with Crippen LogP contribution in [0.25, 0.3) is 10.9 Å². The van der Waals surface area contributed by atoms with Crippen molar-refractivity contribution in [2.75, 3.05) is 6.54 Å². The first-order valence-electron chi connectivity index (χ1n) is 8.95. The summed E-state index contributed by atoms with van der Waals surface area (Å²) >= 11 is 0. The maximum Gasteiger partial charge on any atom is 0.259 e. The van der Waals surface area contributed by atoms with Gasteiger partial charge in [-0.15, -0.1) is 6.58 Å². The number of carbonyl (C=O) groups excluding carboxylic acids is 2. The summed E-state index contributed by atoms with van der Waals surface area (Å²) in [7, 11) is 0. The van der Waals surface area contributed by atoms with Gasteiger partial charge in [0.15, 0.2) is 0 Å². The van der Waals surface area contributed by atoms with Gasteiger partial charge in [0, 0.05) is 34.3 Å². The average Bonchev–Trinajstić information content (AvgIpc) is 2.99. The van der Waals surface area contributed by atoms with Crippen LogP contribution in [0, 0.1) is 6.92 Å². The van der Waals surface area contributed by atoms with Crippen LogP contribution in [0.4, 0.5) is 0 Å². The highest BCUT2D eigenvalue weighted by Gasteiger charge is 2.11. The van der Waals surface area contributed by atoms with Crippen molar-refractivity contribution in [2.24, 2.45) is 5.10 Å². The molecule has 0 bridgehead atoms. The summed E-state index contributed by atoms with van der Waals surface area (Å²) in [6.45, 7) is 6.36. The second-order valence-electron chi connectivity index (χ2n) is 6.26. The van der Waals surface area contributed by atoms with E-state index in [4.69, 9.17) is 0 Å². The lowest BCUT2D eigenvalue weighted by molar-refractivity contribution is -0.120. The summed E-state index contributed by atoms with van der Waals surface area (Å²) in [6.07, 6.45) is 3.48. The Hall–Kier alpha value is -3.67. The Bertz CT molecular complexity index is 1040. The molecule has 0 aliphatic rings. The van der Waals surface area contributed by atoms with Gasteiger partial charge >= 0.3 is 0 Å². The van der Waals surface area contributed by atoms with Crippen LogP contribution in [0.1, 0.15) is 21.6 Å². The largest absolute Gasteiger partial charge is 0.343 e. The minimum Gasteiger partial charge on any atom is -0.343 e. The third-order valence-corrected chi connectivity index (χ3v) is 4.42. The lowest BCUT2D eigenvalue weighted by Crippen LogP contribution is -2.34. The predicted molar refractivity (Wildman–Crippen MR) is 111 cm³/mol. The summed E-state index contributed by atoms with van der Waals surface area (Å²) in [6, 6.07) is 16.8. The quantitative estimate of drug-likeness (QED) is 0.379. The zero-order chi connectivity index (χ0) is 19.9. The van der Waals surface area contributed by atoms with Gasteiger partial charge in [-0.1, -0.05) is 42.5 Å². The molecule has 0 spiro atoms. The normalized spacial score (nSPS) is 10.9. The molecule has 3 rings (SSSR count). The van der Waals surface area contributed by atoms with Crippen molar-refractivity contribution in [3.05, 3.63) is 84.1 Å². The van der Waals surface area contributed by atoms with Gasteiger partial charge in [0.2, 0.25) is 0 Å². The molecule has 1 heterocycles. The fraction of sp³-hybridized carbons (Fsp3) is 0.136. The summed E-state index contributed by atoms with van der Waals surface area (Å²) in [5, 5.41) is 7.68. The molecule has 6 heteroatoms. The Balaban J connectivity index is 1.64. The number of hydrogen-bond acceptors (Lipinski definition) is 3. The van der Waals surface area contributed by atoms with Crippen LogP contribution in [0.5, 0.6) is 0 Å². The second-order valence-corrected chi connectivity index (χ2v) is 6.26. The molecule has 0 unspecified atom stereocenters. The second kappa shape index (κ2) is 8.81. The number of nitrogens with zero attached hydrogens (tertiary/aromatic N) is 2. The Morgan fingerprint density at radius 1 is 1.11 bits per heavy atom. The molecule has 2 amide bonds. The standard InChI is InChI=1S/C22H22N4O2/c1-3-13-26-16(2)19(18-11-7-8-12-20(18)26)14-24-25-21(27)15-23-22(28)17-9-5-4-6-10-17/h3-12,14H,1,13,15H2,2H3,(H,23,28)(H,25,27)/b24-14-. The monoisotopic (exact) mass is 374 g/mol. The topological polar surface area (TPSA) is 75.5 Å². The zero-order valence-corrected chi connectivity index (χ0v) is 15.7. The molecule has 28 heavy (non-hydrogen) atoms. The summed E-state index contributed by atoms with van der Waals surface area (Å²) in [5.74, 6) is -0.698. The van der Waals surface area contributed by atoms with E-state index in [1.165, 1.54) is 0 Å². The third kappa shape index (κ3) is 4.17. The number of para-hydroxylation sites is 1. The zero-order valence-electron chi connectivity index (χ0n) is 15.7. The van der Waals surface area contributed by atoms with E-state index in [9.17, 15) is 9.59 Å². The molecule has 142 valence electrons. The van der Waals surface area contributed by atoms with Crippen molar-refractivity contribution in [3.8, 4) is 0 Å². The lowest BCUT2D eigenvalue weighted by Gasteiger charge is -2.04. The molecule has 0 atom stereocenters. The molecular formula is C22H22N4O2. The molecule has 0 radical (unpaired) electrons. The molecule has 6 nitrogen and oxygen atoms in total. The van der Waals surface area contributed by atoms with Crippen molar-refractivity contribution in [2.45, 2.75) is 13.5 Å². The number of allylic oxidation sites excluding steroid dienone is 1. The maximum atomic E-state index is 12.0. The average molecular weight is 374 g/mol. The Morgan fingerprint density at radius 3 is 2.57 bits per heavy atom. The SMILES string of the molecule is C=CCn1c(C)c(/C=N\NC(=O)CNC(=O)c2ccccc2)c2ccccc21. The van der Waals surface area contributed by atoms with Gasteiger partial charge < -0.3 is 9.88 Å². The molecule has 2 N–H and O–H groups in total. The van der Waals surface area contributed by atoms with Crippen molar-refractivity contribution in [3.63, 3.8) is 0 Å². The van der Waals surface area contributed by atoms with Crippen LogP contribution in [0.15, 0.2) is 72.4 Å². The first kappa shape index (κ1) is 19.1. The van der Waals surface area contributed by atoms with E-state index in [1.54, 1.807) is 30.5 Å².